The van der Waals surface area contributed by atoms with E-state index in [0.29, 0.717) is 12.2 Å². The first-order chi connectivity index (χ1) is 21.6. The summed E-state index contributed by atoms with van der Waals surface area (Å²) in [7, 11) is 0. The number of carbonyl (C=O) groups is 1. The van der Waals surface area contributed by atoms with Gasteiger partial charge in [-0.25, -0.2) is 9.37 Å². The Labute approximate surface area is 272 Å². The summed E-state index contributed by atoms with van der Waals surface area (Å²) in [4.78, 5) is 15.8. The lowest BCUT2D eigenvalue weighted by atomic mass is 9.90. The van der Waals surface area contributed by atoms with Crippen molar-refractivity contribution in [3.05, 3.63) is 71.6 Å². The predicted molar refractivity (Wildman–Crippen MR) is 189 cm³/mol. The van der Waals surface area contributed by atoms with Crippen LogP contribution in [0.4, 0.5) is 5.69 Å². The smallest absolute Gasteiger partial charge is 0.338 e. The van der Waals surface area contributed by atoms with Crippen molar-refractivity contribution in [2.24, 2.45) is 0 Å². The van der Waals surface area contributed by atoms with E-state index in [1.807, 2.05) is 24.3 Å². The Morgan fingerprint density at radius 2 is 1.48 bits per heavy atom. The van der Waals surface area contributed by atoms with Gasteiger partial charge in [-0.05, 0) is 70.4 Å². The molecule has 0 saturated carbocycles. The molecule has 44 heavy (non-hydrogen) atoms. The molecule has 2 aromatic rings. The number of benzene rings is 3. The van der Waals surface area contributed by atoms with Crippen molar-refractivity contribution in [1.82, 2.24) is 4.58 Å². The number of nitrogens with zero attached hydrogens (tertiary/aromatic N) is 2. The molecule has 2 aliphatic rings. The summed E-state index contributed by atoms with van der Waals surface area (Å²) in [5, 5.41) is 3.21. The zero-order chi connectivity index (χ0) is 31.3. The quantitative estimate of drug-likeness (QED) is 0.0372. The normalized spacial score (nSPS) is 11.3. The van der Waals surface area contributed by atoms with Gasteiger partial charge >= 0.3 is 5.97 Å². The Bertz CT molecular complexity index is 1530. The molecule has 0 fully saturated rings. The van der Waals surface area contributed by atoms with Crippen molar-refractivity contribution in [2.75, 3.05) is 43.0 Å². The monoisotopic (exact) mass is 661 g/mol. The van der Waals surface area contributed by atoms with Gasteiger partial charge in [-0.15, -0.1) is 0 Å². The second kappa shape index (κ2) is 17.4. The van der Waals surface area contributed by atoms with Crippen LogP contribution in [0.15, 0.2) is 65.1 Å². The summed E-state index contributed by atoms with van der Waals surface area (Å²) < 4.78 is 14.8. The topological polar surface area (TPSA) is 45.7 Å². The molecule has 0 amide bonds. The molecule has 0 saturated heterocycles. The number of hydrogen-bond acceptors (Lipinski definition) is 4. The van der Waals surface area contributed by atoms with E-state index in [1.54, 1.807) is 0 Å². The van der Waals surface area contributed by atoms with Gasteiger partial charge in [0.2, 0.25) is 5.36 Å². The van der Waals surface area contributed by atoms with Crippen LogP contribution in [0.1, 0.15) is 89.4 Å². The molecule has 1 aliphatic heterocycles. The Kier molecular flexibility index (Phi) is 13.3. The van der Waals surface area contributed by atoms with E-state index in [0.717, 1.165) is 88.8 Å². The number of unbranched alkanes of at least 4 members (excludes halogenated alkanes) is 7. The van der Waals surface area contributed by atoms with E-state index < -0.39 is 0 Å². The third-order valence-electron chi connectivity index (χ3n) is 8.62. The highest BCUT2D eigenvalue weighted by Crippen LogP contribution is 2.42. The van der Waals surface area contributed by atoms with Crippen LogP contribution in [0.2, 0.25) is 0 Å². The van der Waals surface area contributed by atoms with Crippen LogP contribution in [-0.4, -0.2) is 44.1 Å². The number of alkyl halides is 1. The minimum Gasteiger partial charge on any atom is -0.462 e. The van der Waals surface area contributed by atoms with E-state index in [1.165, 1.54) is 38.5 Å². The van der Waals surface area contributed by atoms with E-state index in [4.69, 9.17) is 9.15 Å². The SMILES string of the molecule is CCN(CC)c1ccc2c(-c3ccccc3C(=O)OCCCCCCCCCCBr)c3ccc(=[N+](CC)CC)cc-3oc2c1. The Morgan fingerprint density at radius 3 is 2.16 bits per heavy atom. The molecular formula is C38H50BrN2O3+. The van der Waals surface area contributed by atoms with Crippen molar-refractivity contribution in [3.63, 3.8) is 0 Å². The fraction of sp³-hybridized carbons (Fsp3) is 0.474. The van der Waals surface area contributed by atoms with E-state index in [-0.39, 0.29) is 5.97 Å². The second-order valence-corrected chi connectivity index (χ2v) is 12.2. The fourth-order valence-corrected chi connectivity index (χ4v) is 6.50. The largest absolute Gasteiger partial charge is 0.462 e. The second-order valence-electron chi connectivity index (χ2n) is 11.4. The van der Waals surface area contributed by atoms with Crippen molar-refractivity contribution in [1.29, 1.82) is 0 Å². The first-order valence-electron chi connectivity index (χ1n) is 16.7. The number of rotatable bonds is 17. The average Bonchev–Trinajstić information content (AvgIpc) is 3.05. The number of anilines is 1. The third kappa shape index (κ3) is 8.32. The summed E-state index contributed by atoms with van der Waals surface area (Å²) in [5.74, 6) is 0.543. The lowest BCUT2D eigenvalue weighted by molar-refractivity contribution is 0.0498. The number of esters is 1. The molecule has 6 heteroatoms. The zero-order valence-corrected chi connectivity index (χ0v) is 28.8. The van der Waals surface area contributed by atoms with Gasteiger partial charge in [0.15, 0.2) is 0 Å². The molecule has 1 aliphatic carbocycles. The molecule has 0 radical (unpaired) electrons. The molecule has 4 rings (SSSR count). The molecule has 0 spiro atoms. The minimum atomic E-state index is -0.267. The first-order valence-corrected chi connectivity index (χ1v) is 17.8. The van der Waals surface area contributed by atoms with Crippen LogP contribution in [0.3, 0.4) is 0 Å². The maximum atomic E-state index is 13.5. The highest BCUT2D eigenvalue weighted by atomic mass is 79.9. The van der Waals surface area contributed by atoms with Gasteiger partial charge in [-0.2, -0.15) is 0 Å². The fourth-order valence-electron chi connectivity index (χ4n) is 6.11. The molecule has 236 valence electrons. The van der Waals surface area contributed by atoms with E-state index >= 15 is 0 Å². The molecule has 1 heterocycles. The summed E-state index contributed by atoms with van der Waals surface area (Å²) >= 11 is 3.50. The zero-order valence-electron chi connectivity index (χ0n) is 27.2. The molecule has 0 aromatic heterocycles. The predicted octanol–water partition coefficient (Wildman–Crippen LogP) is 9.54. The molecule has 5 nitrogen and oxygen atoms in total. The number of hydrogen-bond donors (Lipinski definition) is 0. The molecule has 0 bridgehead atoms. The number of halogens is 1. The van der Waals surface area contributed by atoms with Crippen LogP contribution in [0, 0.1) is 0 Å². The van der Waals surface area contributed by atoms with Gasteiger partial charge in [0.25, 0.3) is 0 Å². The van der Waals surface area contributed by atoms with Crippen molar-refractivity contribution in [2.45, 2.75) is 79.1 Å². The number of ether oxygens (including phenoxy) is 1. The number of carbonyl (C=O) groups excluding carboxylic acids is 1. The van der Waals surface area contributed by atoms with Gasteiger partial charge in [-0.1, -0.05) is 72.7 Å². The van der Waals surface area contributed by atoms with Crippen LogP contribution in [-0.2, 0) is 4.74 Å². The molecule has 2 aromatic carbocycles. The van der Waals surface area contributed by atoms with E-state index in [2.05, 4.69) is 89.5 Å². The van der Waals surface area contributed by atoms with Gasteiger partial charge in [0, 0.05) is 52.8 Å². The van der Waals surface area contributed by atoms with Crippen LogP contribution in [0.5, 0.6) is 0 Å². The van der Waals surface area contributed by atoms with Crippen molar-refractivity contribution >= 4 is 38.6 Å². The standard InChI is InChI=1S/C38H50BrN2O3/c1-5-40(6-2)29-21-23-33-35(27-29)44-36-28-30(41(7-3)8-4)22-24-34(36)37(33)31-19-15-16-20-32(31)38(42)43-26-18-14-12-10-9-11-13-17-25-39/h15-16,19-24,27-28H,5-14,17-18,25-26H2,1-4H3/q+1. The van der Waals surface area contributed by atoms with Gasteiger partial charge in [0.05, 0.1) is 18.2 Å². The lowest BCUT2D eigenvalue weighted by Gasteiger charge is -2.22. The van der Waals surface area contributed by atoms with Crippen molar-refractivity contribution in [3.8, 4) is 22.5 Å². The Hall–Kier alpha value is -3.12. The third-order valence-corrected chi connectivity index (χ3v) is 9.18. The molecular weight excluding hydrogens is 612 g/mol. The summed E-state index contributed by atoms with van der Waals surface area (Å²) in [6.07, 6.45) is 9.59. The Balaban J connectivity index is 1.67. The Morgan fingerprint density at radius 1 is 0.795 bits per heavy atom. The van der Waals surface area contributed by atoms with Crippen molar-refractivity contribution < 1.29 is 13.9 Å². The van der Waals surface area contributed by atoms with Gasteiger partial charge in [0.1, 0.15) is 24.4 Å². The summed E-state index contributed by atoms with van der Waals surface area (Å²) in [5.41, 5.74) is 5.39. The van der Waals surface area contributed by atoms with Crippen LogP contribution < -0.4 is 14.8 Å². The molecule has 0 atom stereocenters. The minimum absolute atomic E-state index is 0.267. The highest BCUT2D eigenvalue weighted by molar-refractivity contribution is 9.09. The van der Waals surface area contributed by atoms with E-state index in [9.17, 15) is 4.79 Å². The average molecular weight is 663 g/mol. The van der Waals surface area contributed by atoms with Crippen LogP contribution >= 0.6 is 15.9 Å². The summed E-state index contributed by atoms with van der Waals surface area (Å²) in [6.45, 7) is 12.8. The molecule has 0 unspecified atom stereocenters. The molecule has 0 N–H and O–H groups in total. The van der Waals surface area contributed by atoms with Gasteiger partial charge < -0.3 is 14.1 Å². The maximum absolute atomic E-state index is 13.5. The highest BCUT2D eigenvalue weighted by Gasteiger charge is 2.23. The maximum Gasteiger partial charge on any atom is 0.338 e. The van der Waals surface area contributed by atoms with Gasteiger partial charge in [-0.3, -0.25) is 0 Å². The summed E-state index contributed by atoms with van der Waals surface area (Å²) in [6, 6.07) is 20.7. The number of fused-ring (bicyclic) bond motifs is 2. The first kappa shape index (κ1) is 33.8. The van der Waals surface area contributed by atoms with Crippen LogP contribution in [0.25, 0.3) is 33.4 Å². The lowest BCUT2D eigenvalue weighted by Crippen LogP contribution is -2.29.